The zero-order chi connectivity index (χ0) is 18.7. The van der Waals surface area contributed by atoms with E-state index in [0.717, 1.165) is 12.0 Å². The Kier molecular flexibility index (Phi) is 5.25. The van der Waals surface area contributed by atoms with Crippen molar-refractivity contribution in [1.29, 1.82) is 0 Å². The van der Waals surface area contributed by atoms with Gasteiger partial charge in [0, 0.05) is 13.6 Å². The maximum Gasteiger partial charge on any atom is 0.332 e. The van der Waals surface area contributed by atoms with Crippen molar-refractivity contribution in [1.82, 2.24) is 18.7 Å². The predicted octanol–water partition coefficient (Wildman–Crippen LogP) is 2.14. The van der Waals surface area contributed by atoms with Gasteiger partial charge in [0.1, 0.15) is 0 Å². The summed E-state index contributed by atoms with van der Waals surface area (Å²) < 4.78 is 10.2. The first-order valence-corrected chi connectivity index (χ1v) is 8.95. The SMILES string of the molecule is CCCOc1nc2c(c(=O)n(CCC)c(=O)n2C)n1Cc1ccccc1. The molecule has 3 rings (SSSR count). The second kappa shape index (κ2) is 7.59. The van der Waals surface area contributed by atoms with Crippen LogP contribution in [0.3, 0.4) is 0 Å². The molecule has 2 heterocycles. The molecule has 0 bridgehead atoms. The predicted molar refractivity (Wildman–Crippen MR) is 101 cm³/mol. The lowest BCUT2D eigenvalue weighted by atomic mass is 10.2. The second-order valence-electron chi connectivity index (χ2n) is 6.29. The van der Waals surface area contributed by atoms with Crippen LogP contribution in [0, 0.1) is 0 Å². The number of rotatable bonds is 7. The Morgan fingerprint density at radius 1 is 1.04 bits per heavy atom. The highest BCUT2D eigenvalue weighted by atomic mass is 16.5. The Morgan fingerprint density at radius 3 is 2.42 bits per heavy atom. The number of nitrogens with zero attached hydrogens (tertiary/aromatic N) is 4. The highest BCUT2D eigenvalue weighted by molar-refractivity contribution is 5.72. The quantitative estimate of drug-likeness (QED) is 0.650. The monoisotopic (exact) mass is 356 g/mol. The van der Waals surface area contributed by atoms with Crippen molar-refractivity contribution in [3.63, 3.8) is 0 Å². The van der Waals surface area contributed by atoms with Crippen molar-refractivity contribution in [3.05, 3.63) is 56.7 Å². The topological polar surface area (TPSA) is 71.1 Å². The van der Waals surface area contributed by atoms with Crippen LogP contribution in [0.4, 0.5) is 0 Å². The van der Waals surface area contributed by atoms with Crippen LogP contribution in [0.5, 0.6) is 6.01 Å². The van der Waals surface area contributed by atoms with Gasteiger partial charge in [-0.25, -0.2) is 4.79 Å². The third kappa shape index (κ3) is 3.16. The van der Waals surface area contributed by atoms with Crippen LogP contribution in [-0.4, -0.2) is 25.3 Å². The lowest BCUT2D eigenvalue weighted by molar-refractivity contribution is 0.282. The number of hydrogen-bond donors (Lipinski definition) is 0. The van der Waals surface area contributed by atoms with Crippen LogP contribution in [0.25, 0.3) is 11.2 Å². The fourth-order valence-electron chi connectivity index (χ4n) is 2.99. The average Bonchev–Trinajstić information content (AvgIpc) is 3.01. The van der Waals surface area contributed by atoms with E-state index in [2.05, 4.69) is 4.98 Å². The summed E-state index contributed by atoms with van der Waals surface area (Å²) in [6, 6.07) is 10.2. The molecule has 2 aromatic heterocycles. The highest BCUT2D eigenvalue weighted by Crippen LogP contribution is 2.20. The largest absolute Gasteiger partial charge is 0.465 e. The minimum Gasteiger partial charge on any atom is -0.465 e. The smallest absolute Gasteiger partial charge is 0.332 e. The molecule has 0 saturated carbocycles. The maximum atomic E-state index is 13.0. The first-order valence-electron chi connectivity index (χ1n) is 8.95. The number of fused-ring (bicyclic) bond motifs is 1. The van der Waals surface area contributed by atoms with Gasteiger partial charge in [-0.3, -0.25) is 18.5 Å². The Morgan fingerprint density at radius 2 is 1.77 bits per heavy atom. The summed E-state index contributed by atoms with van der Waals surface area (Å²) in [7, 11) is 1.64. The van der Waals surface area contributed by atoms with E-state index in [4.69, 9.17) is 4.74 Å². The van der Waals surface area contributed by atoms with E-state index in [1.807, 2.05) is 44.2 Å². The van der Waals surface area contributed by atoms with E-state index in [-0.39, 0.29) is 11.2 Å². The second-order valence-corrected chi connectivity index (χ2v) is 6.29. The van der Waals surface area contributed by atoms with Crippen molar-refractivity contribution < 1.29 is 4.74 Å². The number of imidazole rings is 1. The molecule has 0 radical (unpaired) electrons. The molecular weight excluding hydrogens is 332 g/mol. The van der Waals surface area contributed by atoms with Crippen molar-refractivity contribution in [2.24, 2.45) is 7.05 Å². The van der Waals surface area contributed by atoms with Gasteiger partial charge in [-0.1, -0.05) is 44.2 Å². The third-order valence-electron chi connectivity index (χ3n) is 4.26. The molecule has 0 fully saturated rings. The molecule has 0 aliphatic heterocycles. The molecule has 0 spiro atoms. The molecule has 7 heteroatoms. The molecule has 138 valence electrons. The Bertz CT molecular complexity index is 1020. The molecule has 1 aromatic carbocycles. The summed E-state index contributed by atoms with van der Waals surface area (Å²) in [5, 5.41) is 0. The van der Waals surface area contributed by atoms with Crippen molar-refractivity contribution in [2.75, 3.05) is 6.61 Å². The summed E-state index contributed by atoms with van der Waals surface area (Å²) in [6.45, 7) is 5.27. The zero-order valence-corrected chi connectivity index (χ0v) is 15.4. The minimum atomic E-state index is -0.351. The van der Waals surface area contributed by atoms with Gasteiger partial charge in [0.25, 0.3) is 11.6 Å². The summed E-state index contributed by atoms with van der Waals surface area (Å²) >= 11 is 0. The number of ether oxygens (including phenoxy) is 1. The molecule has 0 saturated heterocycles. The van der Waals surface area contributed by atoms with Crippen LogP contribution in [0.1, 0.15) is 32.3 Å². The van der Waals surface area contributed by atoms with Gasteiger partial charge in [0.05, 0.1) is 13.2 Å². The van der Waals surface area contributed by atoms with E-state index in [1.54, 1.807) is 11.6 Å². The van der Waals surface area contributed by atoms with Crippen molar-refractivity contribution in [3.8, 4) is 6.01 Å². The lowest BCUT2D eigenvalue weighted by Crippen LogP contribution is -2.39. The van der Waals surface area contributed by atoms with Gasteiger partial charge in [0.2, 0.25) is 0 Å². The van der Waals surface area contributed by atoms with Crippen LogP contribution in [0.2, 0.25) is 0 Å². The van der Waals surface area contributed by atoms with Crippen molar-refractivity contribution in [2.45, 2.75) is 39.8 Å². The van der Waals surface area contributed by atoms with E-state index >= 15 is 0 Å². The average molecular weight is 356 g/mol. The standard InChI is InChI=1S/C19H24N4O3/c1-4-11-22-17(24)15-16(21(3)19(22)25)20-18(26-12-5-2)23(15)13-14-9-7-6-8-10-14/h6-10H,4-5,11-13H2,1-3H3. The Labute approximate surface area is 151 Å². The fourth-order valence-corrected chi connectivity index (χ4v) is 2.99. The van der Waals surface area contributed by atoms with Gasteiger partial charge in [-0.15, -0.1) is 0 Å². The fraction of sp³-hybridized carbons (Fsp3) is 0.421. The molecule has 0 aliphatic carbocycles. The van der Waals surface area contributed by atoms with Crippen molar-refractivity contribution >= 4 is 11.2 Å². The summed E-state index contributed by atoms with van der Waals surface area (Å²) in [6.07, 6.45) is 1.53. The van der Waals surface area contributed by atoms with E-state index in [1.165, 1.54) is 9.13 Å². The first-order chi connectivity index (χ1) is 12.6. The molecule has 0 atom stereocenters. The van der Waals surface area contributed by atoms with E-state index in [9.17, 15) is 9.59 Å². The molecule has 0 amide bonds. The Hall–Kier alpha value is -2.83. The highest BCUT2D eigenvalue weighted by Gasteiger charge is 2.21. The number of aryl methyl sites for hydroxylation is 1. The van der Waals surface area contributed by atoms with Gasteiger partial charge in [-0.2, -0.15) is 4.98 Å². The van der Waals surface area contributed by atoms with E-state index < -0.39 is 0 Å². The number of benzene rings is 1. The van der Waals surface area contributed by atoms with Crippen LogP contribution in [0.15, 0.2) is 39.9 Å². The van der Waals surface area contributed by atoms with Gasteiger partial charge < -0.3 is 4.74 Å². The molecule has 0 aliphatic rings. The maximum absolute atomic E-state index is 13.0. The molecule has 7 nitrogen and oxygen atoms in total. The summed E-state index contributed by atoms with van der Waals surface area (Å²) in [5.74, 6) is 0. The molecular formula is C19H24N4O3. The lowest BCUT2D eigenvalue weighted by Gasteiger charge is -2.11. The van der Waals surface area contributed by atoms with Crippen LogP contribution in [-0.2, 0) is 20.1 Å². The number of hydrogen-bond acceptors (Lipinski definition) is 4. The zero-order valence-electron chi connectivity index (χ0n) is 15.4. The van der Waals surface area contributed by atoms with Gasteiger partial charge >= 0.3 is 5.69 Å². The minimum absolute atomic E-state index is 0.320. The normalized spacial score (nSPS) is 11.2. The van der Waals surface area contributed by atoms with Gasteiger partial charge in [0.15, 0.2) is 11.2 Å². The number of aromatic nitrogens is 4. The van der Waals surface area contributed by atoms with Crippen LogP contribution < -0.4 is 16.0 Å². The van der Waals surface area contributed by atoms with E-state index in [0.29, 0.717) is 43.3 Å². The molecule has 26 heavy (non-hydrogen) atoms. The summed E-state index contributed by atoms with van der Waals surface area (Å²) in [4.78, 5) is 30.0. The Balaban J connectivity index is 2.27. The van der Waals surface area contributed by atoms with Gasteiger partial charge in [-0.05, 0) is 18.4 Å². The summed E-state index contributed by atoms with van der Waals surface area (Å²) in [5.41, 5.74) is 1.11. The third-order valence-corrected chi connectivity index (χ3v) is 4.26. The van der Waals surface area contributed by atoms with Crippen LogP contribution >= 0.6 is 0 Å². The first kappa shape index (κ1) is 18.0. The molecule has 0 unspecified atom stereocenters. The molecule has 3 aromatic rings. The molecule has 0 N–H and O–H groups in total.